The molecular formula is C19H22N2O5S. The molecule has 8 heteroatoms. The summed E-state index contributed by atoms with van der Waals surface area (Å²) in [6, 6.07) is 12.7. The second kappa shape index (κ2) is 8.79. The van der Waals surface area contributed by atoms with Gasteiger partial charge in [-0.05, 0) is 48.4 Å². The van der Waals surface area contributed by atoms with Gasteiger partial charge in [-0.25, -0.2) is 17.5 Å². The molecule has 2 rings (SSSR count). The molecule has 0 heterocycles. The molecule has 0 unspecified atom stereocenters. The summed E-state index contributed by atoms with van der Waals surface area (Å²) in [4.78, 5) is 24.0. The third-order valence-electron chi connectivity index (χ3n) is 3.85. The van der Waals surface area contributed by atoms with Gasteiger partial charge in [-0.3, -0.25) is 4.79 Å². The van der Waals surface area contributed by atoms with Gasteiger partial charge in [-0.1, -0.05) is 19.1 Å². The Morgan fingerprint density at radius 2 is 1.59 bits per heavy atom. The Balaban J connectivity index is 1.92. The molecule has 1 amide bonds. The van der Waals surface area contributed by atoms with Gasteiger partial charge in [0.1, 0.15) is 0 Å². The Bertz CT molecular complexity index is 904. The normalized spacial score (nSPS) is 11.3. The molecule has 2 aromatic rings. The Morgan fingerprint density at radius 1 is 1.00 bits per heavy atom. The van der Waals surface area contributed by atoms with Crippen LogP contribution in [0.5, 0.6) is 0 Å². The van der Waals surface area contributed by atoms with Gasteiger partial charge in [-0.15, -0.1) is 0 Å². The average molecular weight is 390 g/mol. The lowest BCUT2D eigenvalue weighted by atomic mass is 10.1. The monoisotopic (exact) mass is 390 g/mol. The van der Waals surface area contributed by atoms with Crippen molar-refractivity contribution in [2.75, 3.05) is 26.0 Å². The summed E-state index contributed by atoms with van der Waals surface area (Å²) in [5.74, 6) is -1.17. The molecule has 27 heavy (non-hydrogen) atoms. The van der Waals surface area contributed by atoms with E-state index in [0.717, 1.165) is 16.3 Å². The average Bonchev–Trinajstić information content (AvgIpc) is 2.66. The largest absolute Gasteiger partial charge is 0.452 e. The number of rotatable bonds is 7. The quantitative estimate of drug-likeness (QED) is 0.732. The van der Waals surface area contributed by atoms with Gasteiger partial charge < -0.3 is 10.1 Å². The van der Waals surface area contributed by atoms with E-state index >= 15 is 0 Å². The molecule has 0 radical (unpaired) electrons. The van der Waals surface area contributed by atoms with Gasteiger partial charge in [0.25, 0.3) is 5.91 Å². The highest BCUT2D eigenvalue weighted by molar-refractivity contribution is 7.89. The maximum absolute atomic E-state index is 12.0. The number of aryl methyl sites for hydroxylation is 1. The fraction of sp³-hybridized carbons (Fsp3) is 0.263. The van der Waals surface area contributed by atoms with E-state index < -0.39 is 28.5 Å². The first-order valence-corrected chi connectivity index (χ1v) is 9.76. The first kappa shape index (κ1) is 20.6. The van der Waals surface area contributed by atoms with Crippen LogP contribution in [-0.2, 0) is 26.0 Å². The molecule has 0 bridgehead atoms. The molecule has 0 fully saturated rings. The number of ether oxygens (including phenoxy) is 1. The summed E-state index contributed by atoms with van der Waals surface area (Å²) < 4.78 is 30.0. The molecule has 7 nitrogen and oxygen atoms in total. The van der Waals surface area contributed by atoms with Crippen molar-refractivity contribution < 1.29 is 22.7 Å². The number of carbonyl (C=O) groups excluding carboxylic acids is 2. The van der Waals surface area contributed by atoms with Crippen LogP contribution in [0.1, 0.15) is 22.8 Å². The number of anilines is 1. The lowest BCUT2D eigenvalue weighted by molar-refractivity contribution is -0.119. The Morgan fingerprint density at radius 3 is 2.11 bits per heavy atom. The SMILES string of the molecule is CCc1ccc(NC(=O)COC(=O)c2ccc(S(=O)(=O)N(C)C)cc2)cc1. The minimum Gasteiger partial charge on any atom is -0.452 e. The second-order valence-electron chi connectivity index (χ2n) is 5.99. The van der Waals surface area contributed by atoms with Crippen LogP contribution in [0, 0.1) is 0 Å². The topological polar surface area (TPSA) is 92.8 Å². The van der Waals surface area contributed by atoms with Gasteiger partial charge in [0, 0.05) is 19.8 Å². The fourth-order valence-corrected chi connectivity index (χ4v) is 3.11. The molecule has 0 spiro atoms. The third-order valence-corrected chi connectivity index (χ3v) is 5.68. The van der Waals surface area contributed by atoms with Crippen molar-refractivity contribution in [3.05, 3.63) is 59.7 Å². The molecule has 0 aliphatic rings. The highest BCUT2D eigenvalue weighted by Crippen LogP contribution is 2.15. The summed E-state index contributed by atoms with van der Waals surface area (Å²) in [7, 11) is -0.723. The Kier molecular flexibility index (Phi) is 6.70. The third kappa shape index (κ3) is 5.38. The van der Waals surface area contributed by atoms with Crippen LogP contribution in [0.2, 0.25) is 0 Å². The van der Waals surface area contributed by atoms with E-state index in [1.807, 2.05) is 19.1 Å². The maximum Gasteiger partial charge on any atom is 0.338 e. The highest BCUT2D eigenvalue weighted by Gasteiger charge is 2.18. The number of hydrogen-bond acceptors (Lipinski definition) is 5. The van der Waals surface area contributed by atoms with Crippen molar-refractivity contribution in [3.63, 3.8) is 0 Å². The van der Waals surface area contributed by atoms with Crippen LogP contribution in [0.4, 0.5) is 5.69 Å². The number of nitrogens with zero attached hydrogens (tertiary/aromatic N) is 1. The second-order valence-corrected chi connectivity index (χ2v) is 8.14. The van der Waals surface area contributed by atoms with Crippen molar-refractivity contribution in [2.45, 2.75) is 18.2 Å². The number of sulfonamides is 1. The summed E-state index contributed by atoms with van der Waals surface area (Å²) in [5, 5.41) is 2.64. The van der Waals surface area contributed by atoms with Crippen LogP contribution in [0.3, 0.4) is 0 Å². The lowest BCUT2D eigenvalue weighted by Crippen LogP contribution is -2.22. The zero-order chi connectivity index (χ0) is 20.0. The van der Waals surface area contributed by atoms with E-state index in [2.05, 4.69) is 5.32 Å². The van der Waals surface area contributed by atoms with E-state index in [1.165, 1.54) is 38.4 Å². The zero-order valence-corrected chi connectivity index (χ0v) is 16.2. The predicted octanol–water partition coefficient (Wildman–Crippen LogP) is 2.29. The number of esters is 1. The maximum atomic E-state index is 12.0. The Labute approximate surface area is 159 Å². The molecule has 1 N–H and O–H groups in total. The summed E-state index contributed by atoms with van der Waals surface area (Å²) in [6.07, 6.45) is 0.903. The zero-order valence-electron chi connectivity index (χ0n) is 15.4. The van der Waals surface area contributed by atoms with Crippen molar-refractivity contribution in [1.82, 2.24) is 4.31 Å². The van der Waals surface area contributed by atoms with Crippen molar-refractivity contribution in [1.29, 1.82) is 0 Å². The summed E-state index contributed by atoms with van der Waals surface area (Å²) in [6.45, 7) is 1.60. The molecule has 0 aliphatic carbocycles. The lowest BCUT2D eigenvalue weighted by Gasteiger charge is -2.11. The first-order valence-electron chi connectivity index (χ1n) is 8.32. The van der Waals surface area contributed by atoms with Gasteiger partial charge in [-0.2, -0.15) is 0 Å². The van der Waals surface area contributed by atoms with Crippen LogP contribution in [0.25, 0.3) is 0 Å². The summed E-state index contributed by atoms with van der Waals surface area (Å²) in [5.41, 5.74) is 1.93. The highest BCUT2D eigenvalue weighted by atomic mass is 32.2. The van der Waals surface area contributed by atoms with Gasteiger partial charge in [0.05, 0.1) is 10.5 Å². The van der Waals surface area contributed by atoms with E-state index in [0.29, 0.717) is 5.69 Å². The Hall–Kier alpha value is -2.71. The molecule has 2 aromatic carbocycles. The molecule has 0 atom stereocenters. The van der Waals surface area contributed by atoms with Gasteiger partial charge >= 0.3 is 5.97 Å². The van der Waals surface area contributed by atoms with Crippen molar-refractivity contribution in [3.8, 4) is 0 Å². The minimum absolute atomic E-state index is 0.0670. The molecule has 0 aromatic heterocycles. The van der Waals surface area contributed by atoms with Crippen LogP contribution >= 0.6 is 0 Å². The van der Waals surface area contributed by atoms with Crippen LogP contribution < -0.4 is 5.32 Å². The van der Waals surface area contributed by atoms with E-state index in [-0.39, 0.29) is 10.5 Å². The summed E-state index contributed by atoms with van der Waals surface area (Å²) >= 11 is 0. The molecule has 144 valence electrons. The molecule has 0 saturated carbocycles. The smallest absolute Gasteiger partial charge is 0.338 e. The van der Waals surface area contributed by atoms with Crippen molar-refractivity contribution in [2.24, 2.45) is 0 Å². The van der Waals surface area contributed by atoms with E-state index in [9.17, 15) is 18.0 Å². The minimum atomic E-state index is -3.57. The van der Waals surface area contributed by atoms with Crippen LogP contribution in [-0.4, -0.2) is 45.3 Å². The number of benzene rings is 2. The predicted molar refractivity (Wildman–Crippen MR) is 102 cm³/mol. The van der Waals surface area contributed by atoms with Crippen LogP contribution in [0.15, 0.2) is 53.4 Å². The fourth-order valence-electron chi connectivity index (χ4n) is 2.21. The van der Waals surface area contributed by atoms with E-state index in [1.54, 1.807) is 12.1 Å². The number of nitrogens with one attached hydrogen (secondary N) is 1. The van der Waals surface area contributed by atoms with Gasteiger partial charge in [0.2, 0.25) is 10.0 Å². The first-order chi connectivity index (χ1) is 12.7. The number of carbonyl (C=O) groups is 2. The van der Waals surface area contributed by atoms with Gasteiger partial charge in [0.15, 0.2) is 6.61 Å². The number of hydrogen-bond donors (Lipinski definition) is 1. The van der Waals surface area contributed by atoms with E-state index in [4.69, 9.17) is 4.74 Å². The molecular weight excluding hydrogens is 368 g/mol. The molecule has 0 aliphatic heterocycles. The number of amides is 1. The van der Waals surface area contributed by atoms with Crippen molar-refractivity contribution >= 4 is 27.6 Å². The molecule has 0 saturated heterocycles. The standard InChI is InChI=1S/C19H22N2O5S/c1-4-14-5-9-16(10-6-14)20-18(22)13-26-19(23)15-7-11-17(12-8-15)27(24,25)21(2)3/h5-12H,4,13H2,1-3H3,(H,20,22).